The maximum absolute atomic E-state index is 13.4. The zero-order chi connectivity index (χ0) is 25.0. The maximum Gasteiger partial charge on any atom is 0.420 e. The van der Waals surface area contributed by atoms with E-state index in [1.165, 1.54) is 16.7 Å². The molecule has 0 heterocycles. The van der Waals surface area contributed by atoms with Crippen molar-refractivity contribution >= 4 is 23.4 Å². The second kappa shape index (κ2) is 10.3. The van der Waals surface area contributed by atoms with Gasteiger partial charge in [0.1, 0.15) is 17.1 Å². The highest BCUT2D eigenvalue weighted by Gasteiger charge is 2.39. The number of nitrogens with zero attached hydrogens (tertiary/aromatic N) is 2. The number of alkyl halides is 6. The number of thioether (sulfide) groups is 1. The van der Waals surface area contributed by atoms with Gasteiger partial charge in [-0.2, -0.15) is 38.1 Å². The van der Waals surface area contributed by atoms with Gasteiger partial charge in [0, 0.05) is 31.0 Å². The molecule has 0 saturated heterocycles. The highest BCUT2D eigenvalue weighted by Crippen LogP contribution is 2.42. The fourth-order valence-electron chi connectivity index (χ4n) is 2.83. The lowest BCUT2D eigenvalue weighted by atomic mass is 10.1. The SMILES string of the molecule is CCN(CCSC)C(=O)c1cc(Oc2ccc(C(F)(F)F)cc2C(F)(F)F)ccc1[N+](=O)[O-]. The number of halogens is 6. The highest BCUT2D eigenvalue weighted by molar-refractivity contribution is 7.98. The number of hydrogen-bond donors (Lipinski definition) is 0. The minimum atomic E-state index is -5.17. The lowest BCUT2D eigenvalue weighted by Gasteiger charge is -2.21. The predicted octanol–water partition coefficient (Wildman–Crippen LogP) is 6.25. The molecule has 0 aromatic heterocycles. The Morgan fingerprint density at radius 3 is 2.27 bits per heavy atom. The number of nitro groups is 1. The van der Waals surface area contributed by atoms with Crippen LogP contribution in [0.4, 0.5) is 32.0 Å². The molecule has 0 atom stereocenters. The van der Waals surface area contributed by atoms with Gasteiger partial charge < -0.3 is 9.64 Å². The number of ether oxygens (including phenoxy) is 1. The molecule has 6 nitrogen and oxygen atoms in total. The fraction of sp³-hybridized carbons (Fsp3) is 0.350. The van der Waals surface area contributed by atoms with Crippen molar-refractivity contribution in [2.24, 2.45) is 0 Å². The zero-order valence-corrected chi connectivity index (χ0v) is 18.1. The van der Waals surface area contributed by atoms with Crippen LogP contribution in [0.15, 0.2) is 36.4 Å². The first-order valence-corrected chi connectivity index (χ1v) is 10.7. The van der Waals surface area contributed by atoms with Gasteiger partial charge in [-0.25, -0.2) is 0 Å². The van der Waals surface area contributed by atoms with Crippen LogP contribution in [0.3, 0.4) is 0 Å². The molecule has 0 fully saturated rings. The van der Waals surface area contributed by atoms with Gasteiger partial charge in [-0.05, 0) is 37.4 Å². The van der Waals surface area contributed by atoms with Gasteiger partial charge in [0.2, 0.25) is 0 Å². The summed E-state index contributed by atoms with van der Waals surface area (Å²) in [5.74, 6) is -1.51. The van der Waals surface area contributed by atoms with Crippen LogP contribution in [0.2, 0.25) is 0 Å². The maximum atomic E-state index is 13.4. The summed E-state index contributed by atoms with van der Waals surface area (Å²) in [6.07, 6.45) is -8.38. The molecule has 0 N–H and O–H groups in total. The second-order valence-electron chi connectivity index (χ2n) is 6.62. The summed E-state index contributed by atoms with van der Waals surface area (Å²) in [6, 6.07) is 3.59. The summed E-state index contributed by atoms with van der Waals surface area (Å²) in [5.41, 5.74) is -4.20. The number of hydrogen-bond acceptors (Lipinski definition) is 5. The third-order valence-corrected chi connectivity index (χ3v) is 5.06. The van der Waals surface area contributed by atoms with Crippen LogP contribution in [0.5, 0.6) is 11.5 Å². The van der Waals surface area contributed by atoms with Gasteiger partial charge in [0.05, 0.1) is 16.1 Å². The summed E-state index contributed by atoms with van der Waals surface area (Å²) in [5, 5.41) is 11.4. The van der Waals surface area contributed by atoms with Crippen molar-refractivity contribution in [3.63, 3.8) is 0 Å². The van der Waals surface area contributed by atoms with Crippen LogP contribution in [0, 0.1) is 10.1 Å². The predicted molar refractivity (Wildman–Crippen MR) is 110 cm³/mol. The Labute approximate surface area is 188 Å². The Balaban J connectivity index is 2.52. The quantitative estimate of drug-likeness (QED) is 0.245. The first-order valence-electron chi connectivity index (χ1n) is 9.32. The van der Waals surface area contributed by atoms with Crippen LogP contribution in [0.1, 0.15) is 28.4 Å². The van der Waals surface area contributed by atoms with Gasteiger partial charge in [-0.15, -0.1) is 0 Å². The molecule has 0 radical (unpaired) electrons. The van der Waals surface area contributed by atoms with E-state index in [2.05, 4.69) is 0 Å². The molecule has 2 aromatic carbocycles. The molecular weight excluding hydrogens is 478 g/mol. The largest absolute Gasteiger partial charge is 0.457 e. The molecule has 180 valence electrons. The Morgan fingerprint density at radius 1 is 1.09 bits per heavy atom. The summed E-state index contributed by atoms with van der Waals surface area (Å²) in [7, 11) is 0. The average Bonchev–Trinajstić information content (AvgIpc) is 2.72. The number of benzene rings is 2. The molecule has 0 bridgehead atoms. The van der Waals surface area contributed by atoms with Crippen LogP contribution in [-0.4, -0.2) is 40.8 Å². The van der Waals surface area contributed by atoms with Crippen molar-refractivity contribution in [2.75, 3.05) is 25.1 Å². The van der Waals surface area contributed by atoms with Gasteiger partial charge in [-0.3, -0.25) is 14.9 Å². The van der Waals surface area contributed by atoms with Crippen molar-refractivity contribution in [3.05, 3.63) is 63.2 Å². The van der Waals surface area contributed by atoms with Crippen LogP contribution in [0.25, 0.3) is 0 Å². The topological polar surface area (TPSA) is 72.7 Å². The van der Waals surface area contributed by atoms with Crippen molar-refractivity contribution in [1.29, 1.82) is 0 Å². The number of rotatable bonds is 8. The van der Waals surface area contributed by atoms with E-state index in [0.29, 0.717) is 17.9 Å². The number of amides is 1. The molecule has 13 heteroatoms. The van der Waals surface area contributed by atoms with E-state index < -0.39 is 51.3 Å². The molecule has 0 unspecified atom stereocenters. The number of carbonyl (C=O) groups is 1. The molecule has 33 heavy (non-hydrogen) atoms. The standard InChI is InChI=1S/C20H18F6N2O4S/c1-3-27(8-9-33-2)18(29)14-11-13(5-6-16(14)28(30)31)32-17-7-4-12(19(21,22)23)10-15(17)20(24,25)26/h4-7,10-11H,3,8-9H2,1-2H3. The summed E-state index contributed by atoms with van der Waals surface area (Å²) < 4.78 is 83.8. The Hall–Kier alpha value is -2.96. The summed E-state index contributed by atoms with van der Waals surface area (Å²) >= 11 is 1.44. The van der Waals surface area contributed by atoms with Gasteiger partial charge >= 0.3 is 12.4 Å². The Morgan fingerprint density at radius 2 is 1.76 bits per heavy atom. The number of carbonyl (C=O) groups excluding carboxylic acids is 1. The molecule has 0 aliphatic carbocycles. The van der Waals surface area contributed by atoms with Crippen LogP contribution in [-0.2, 0) is 12.4 Å². The van der Waals surface area contributed by atoms with E-state index in [4.69, 9.17) is 4.74 Å². The lowest BCUT2D eigenvalue weighted by molar-refractivity contribution is -0.385. The van der Waals surface area contributed by atoms with E-state index in [1.54, 1.807) is 13.2 Å². The van der Waals surface area contributed by atoms with E-state index in [9.17, 15) is 41.3 Å². The smallest absolute Gasteiger partial charge is 0.420 e. The van der Waals surface area contributed by atoms with E-state index in [0.717, 1.165) is 18.2 Å². The Bertz CT molecular complexity index is 1030. The molecule has 0 saturated carbocycles. The van der Waals surface area contributed by atoms with E-state index >= 15 is 0 Å². The third kappa shape index (κ3) is 6.53. The Kier molecular flexibility index (Phi) is 8.22. The second-order valence-corrected chi connectivity index (χ2v) is 7.61. The highest BCUT2D eigenvalue weighted by atomic mass is 32.2. The molecule has 0 aliphatic heterocycles. The van der Waals surface area contributed by atoms with Gasteiger partial charge in [0.25, 0.3) is 11.6 Å². The molecule has 2 aromatic rings. The third-order valence-electron chi connectivity index (χ3n) is 4.47. The zero-order valence-electron chi connectivity index (χ0n) is 17.3. The average molecular weight is 496 g/mol. The minimum absolute atomic E-state index is 0.0893. The first-order chi connectivity index (χ1) is 15.3. The van der Waals surface area contributed by atoms with E-state index in [1.807, 2.05) is 0 Å². The first kappa shape index (κ1) is 26.3. The van der Waals surface area contributed by atoms with Crippen molar-refractivity contribution in [3.8, 4) is 11.5 Å². The minimum Gasteiger partial charge on any atom is -0.457 e. The monoisotopic (exact) mass is 496 g/mol. The molecule has 0 aliphatic rings. The molecule has 1 amide bonds. The summed E-state index contributed by atoms with van der Waals surface area (Å²) in [4.78, 5) is 24.7. The van der Waals surface area contributed by atoms with Crippen molar-refractivity contribution < 1.29 is 40.8 Å². The van der Waals surface area contributed by atoms with Crippen molar-refractivity contribution in [1.82, 2.24) is 4.90 Å². The lowest BCUT2D eigenvalue weighted by Crippen LogP contribution is -2.33. The van der Waals surface area contributed by atoms with E-state index in [-0.39, 0.29) is 24.9 Å². The van der Waals surface area contributed by atoms with Gasteiger partial charge in [-0.1, -0.05) is 0 Å². The van der Waals surface area contributed by atoms with Gasteiger partial charge in [0.15, 0.2) is 0 Å². The number of nitro benzene ring substituents is 1. The van der Waals surface area contributed by atoms with Crippen LogP contribution < -0.4 is 4.74 Å². The summed E-state index contributed by atoms with van der Waals surface area (Å²) in [6.45, 7) is 2.15. The molecular formula is C20H18F6N2O4S. The van der Waals surface area contributed by atoms with Crippen LogP contribution >= 0.6 is 11.8 Å². The normalized spacial score (nSPS) is 11.9. The molecule has 0 spiro atoms. The van der Waals surface area contributed by atoms with Crippen molar-refractivity contribution in [2.45, 2.75) is 19.3 Å². The molecule has 2 rings (SSSR count). The fourth-order valence-corrected chi connectivity index (χ4v) is 3.23.